The molecule has 33 heavy (non-hydrogen) atoms. The molecule has 2 heterocycles. The average Bonchev–Trinajstić information content (AvgIpc) is 3.09. The van der Waals surface area contributed by atoms with E-state index in [0.29, 0.717) is 17.2 Å². The molecule has 4 rings (SSSR count). The van der Waals surface area contributed by atoms with Gasteiger partial charge in [0.25, 0.3) is 11.7 Å². The van der Waals surface area contributed by atoms with Crippen LogP contribution >= 0.6 is 0 Å². The van der Waals surface area contributed by atoms with E-state index in [1.807, 2.05) is 30.3 Å². The van der Waals surface area contributed by atoms with Crippen molar-refractivity contribution in [3.63, 3.8) is 0 Å². The van der Waals surface area contributed by atoms with Gasteiger partial charge in [0, 0.05) is 24.5 Å². The fourth-order valence-electron chi connectivity index (χ4n) is 4.07. The van der Waals surface area contributed by atoms with Crippen LogP contribution in [0.3, 0.4) is 0 Å². The van der Waals surface area contributed by atoms with Gasteiger partial charge in [0.15, 0.2) is 0 Å². The summed E-state index contributed by atoms with van der Waals surface area (Å²) in [6.07, 6.45) is 3.32. The summed E-state index contributed by atoms with van der Waals surface area (Å²) in [5, 5.41) is 11.2. The van der Waals surface area contributed by atoms with Crippen LogP contribution in [0.1, 0.15) is 48.1 Å². The van der Waals surface area contributed by atoms with Crippen molar-refractivity contribution in [3.8, 4) is 5.75 Å². The van der Waals surface area contributed by atoms with Crippen LogP contribution in [0.4, 0.5) is 0 Å². The molecule has 1 atom stereocenters. The summed E-state index contributed by atoms with van der Waals surface area (Å²) in [6.45, 7) is 4.41. The molecular weight excluding hydrogens is 416 g/mol. The third-order valence-electron chi connectivity index (χ3n) is 5.88. The highest BCUT2D eigenvalue weighted by Gasteiger charge is 2.46. The monoisotopic (exact) mass is 442 g/mol. The number of rotatable bonds is 6. The number of Topliss-reactive ketones (excluding diaryl/α,β-unsaturated/α-hetero) is 1. The summed E-state index contributed by atoms with van der Waals surface area (Å²) in [5.41, 5.74) is 3.18. The van der Waals surface area contributed by atoms with Gasteiger partial charge in [-0.3, -0.25) is 14.6 Å². The first kappa shape index (κ1) is 22.3. The van der Waals surface area contributed by atoms with Crippen LogP contribution < -0.4 is 4.74 Å². The highest BCUT2D eigenvalue weighted by atomic mass is 16.5. The minimum Gasteiger partial charge on any atom is -0.507 e. The molecule has 1 aromatic heterocycles. The Bertz CT molecular complexity index is 1200. The number of nitrogens with zero attached hydrogens (tertiary/aromatic N) is 2. The number of ketones is 1. The Morgan fingerprint density at radius 2 is 1.85 bits per heavy atom. The lowest BCUT2D eigenvalue weighted by Gasteiger charge is -2.25. The summed E-state index contributed by atoms with van der Waals surface area (Å²) >= 11 is 0. The third kappa shape index (κ3) is 4.37. The first-order valence-corrected chi connectivity index (χ1v) is 10.8. The molecule has 0 spiro atoms. The second kappa shape index (κ2) is 9.28. The lowest BCUT2D eigenvalue weighted by molar-refractivity contribution is -0.140. The van der Waals surface area contributed by atoms with E-state index in [1.54, 1.807) is 42.7 Å². The zero-order chi connectivity index (χ0) is 23.5. The lowest BCUT2D eigenvalue weighted by atomic mass is 9.93. The zero-order valence-corrected chi connectivity index (χ0v) is 18.9. The Hall–Kier alpha value is -3.93. The maximum absolute atomic E-state index is 13.2. The standard InChI is InChI=1S/C27H26N2O4/c1-17(2)19-9-11-20(12-10-19)24-23(25(30)21-7-4-8-22(14-21)33-3)26(31)27(32)29(24)16-18-6-5-13-28-15-18/h4-15,17,24,30H,16H2,1-3H3/b25-23-. The van der Waals surface area contributed by atoms with Crippen LogP contribution in [0.25, 0.3) is 5.76 Å². The number of pyridine rings is 1. The van der Waals surface area contributed by atoms with Gasteiger partial charge in [0.05, 0.1) is 18.7 Å². The maximum atomic E-state index is 13.2. The van der Waals surface area contributed by atoms with Crippen LogP contribution in [-0.4, -0.2) is 33.8 Å². The number of aliphatic hydroxyl groups excluding tert-OH is 1. The molecule has 168 valence electrons. The Balaban J connectivity index is 1.85. The van der Waals surface area contributed by atoms with Gasteiger partial charge >= 0.3 is 0 Å². The van der Waals surface area contributed by atoms with Crippen molar-refractivity contribution in [2.24, 2.45) is 0 Å². The van der Waals surface area contributed by atoms with Gasteiger partial charge in [0.1, 0.15) is 11.5 Å². The van der Waals surface area contributed by atoms with E-state index in [0.717, 1.165) is 16.7 Å². The number of amides is 1. The van der Waals surface area contributed by atoms with Crippen molar-refractivity contribution >= 4 is 17.4 Å². The molecule has 0 saturated carbocycles. The topological polar surface area (TPSA) is 79.7 Å². The summed E-state index contributed by atoms with van der Waals surface area (Å²) in [6, 6.07) is 17.5. The van der Waals surface area contributed by atoms with Gasteiger partial charge in [-0.2, -0.15) is 0 Å². The van der Waals surface area contributed by atoms with E-state index < -0.39 is 17.7 Å². The number of carbonyl (C=O) groups is 2. The predicted molar refractivity (Wildman–Crippen MR) is 126 cm³/mol. The molecule has 0 bridgehead atoms. The highest BCUT2D eigenvalue weighted by Crippen LogP contribution is 2.40. The number of methoxy groups -OCH3 is 1. The Morgan fingerprint density at radius 1 is 1.09 bits per heavy atom. The van der Waals surface area contributed by atoms with E-state index in [1.165, 1.54) is 12.0 Å². The molecule has 0 aliphatic carbocycles. The predicted octanol–water partition coefficient (Wildman–Crippen LogP) is 4.84. The lowest BCUT2D eigenvalue weighted by Crippen LogP contribution is -2.29. The van der Waals surface area contributed by atoms with E-state index in [-0.39, 0.29) is 17.9 Å². The van der Waals surface area contributed by atoms with Gasteiger partial charge in [-0.05, 0) is 40.8 Å². The van der Waals surface area contributed by atoms with Crippen LogP contribution in [0.2, 0.25) is 0 Å². The van der Waals surface area contributed by atoms with Gasteiger partial charge in [-0.15, -0.1) is 0 Å². The van der Waals surface area contributed by atoms with Crippen LogP contribution in [0.5, 0.6) is 5.75 Å². The maximum Gasteiger partial charge on any atom is 0.295 e. The number of ether oxygens (including phenoxy) is 1. The minimum absolute atomic E-state index is 0.0643. The SMILES string of the molecule is COc1cccc(/C(O)=C2/C(=O)C(=O)N(Cc3cccnc3)C2c2ccc(C(C)C)cc2)c1. The number of hydrogen-bond acceptors (Lipinski definition) is 5. The van der Waals surface area contributed by atoms with Crippen molar-refractivity contribution in [3.05, 3.63) is 101 Å². The van der Waals surface area contributed by atoms with E-state index >= 15 is 0 Å². The fraction of sp³-hybridized carbons (Fsp3) is 0.222. The van der Waals surface area contributed by atoms with Crippen molar-refractivity contribution in [1.29, 1.82) is 0 Å². The second-order valence-electron chi connectivity index (χ2n) is 8.34. The summed E-state index contributed by atoms with van der Waals surface area (Å²) in [7, 11) is 1.53. The van der Waals surface area contributed by atoms with Crippen LogP contribution in [0.15, 0.2) is 78.6 Å². The van der Waals surface area contributed by atoms with Crippen molar-refractivity contribution in [2.75, 3.05) is 7.11 Å². The van der Waals surface area contributed by atoms with Gasteiger partial charge in [0.2, 0.25) is 0 Å². The number of aromatic nitrogens is 1. The number of benzene rings is 2. The number of aliphatic hydroxyl groups is 1. The summed E-state index contributed by atoms with van der Waals surface area (Å²) in [4.78, 5) is 31.9. The third-order valence-corrected chi connectivity index (χ3v) is 5.88. The largest absolute Gasteiger partial charge is 0.507 e. The molecule has 1 amide bonds. The van der Waals surface area contributed by atoms with Crippen LogP contribution in [0, 0.1) is 0 Å². The number of likely N-dealkylation sites (tertiary alicyclic amines) is 1. The number of carbonyl (C=O) groups excluding carboxylic acids is 2. The Morgan fingerprint density at radius 3 is 2.48 bits per heavy atom. The summed E-state index contributed by atoms with van der Waals surface area (Å²) < 4.78 is 5.26. The molecular formula is C27H26N2O4. The Labute approximate surface area is 193 Å². The first-order valence-electron chi connectivity index (χ1n) is 10.8. The summed E-state index contributed by atoms with van der Waals surface area (Å²) in [5.74, 6) is -0.698. The average molecular weight is 443 g/mol. The molecule has 2 aromatic carbocycles. The molecule has 1 aliphatic rings. The fourth-order valence-corrected chi connectivity index (χ4v) is 4.07. The second-order valence-corrected chi connectivity index (χ2v) is 8.34. The molecule has 3 aromatic rings. The smallest absolute Gasteiger partial charge is 0.295 e. The molecule has 1 aliphatic heterocycles. The van der Waals surface area contributed by atoms with Crippen molar-refractivity contribution in [2.45, 2.75) is 32.4 Å². The van der Waals surface area contributed by atoms with E-state index in [9.17, 15) is 14.7 Å². The normalized spacial score (nSPS) is 17.6. The van der Waals surface area contributed by atoms with E-state index in [2.05, 4.69) is 18.8 Å². The molecule has 0 radical (unpaired) electrons. The molecule has 1 N–H and O–H groups in total. The molecule has 1 unspecified atom stereocenters. The van der Waals surface area contributed by atoms with Crippen molar-refractivity contribution < 1.29 is 19.4 Å². The highest BCUT2D eigenvalue weighted by molar-refractivity contribution is 6.46. The van der Waals surface area contributed by atoms with E-state index in [4.69, 9.17) is 4.74 Å². The van der Waals surface area contributed by atoms with Gasteiger partial charge in [-0.25, -0.2) is 0 Å². The van der Waals surface area contributed by atoms with Gasteiger partial charge < -0.3 is 14.7 Å². The minimum atomic E-state index is -0.724. The number of hydrogen-bond donors (Lipinski definition) is 1. The van der Waals surface area contributed by atoms with Gasteiger partial charge in [-0.1, -0.05) is 56.3 Å². The Kier molecular flexibility index (Phi) is 6.27. The van der Waals surface area contributed by atoms with Crippen LogP contribution in [-0.2, 0) is 16.1 Å². The molecule has 1 fully saturated rings. The zero-order valence-electron chi connectivity index (χ0n) is 18.9. The quantitative estimate of drug-likeness (QED) is 0.336. The van der Waals surface area contributed by atoms with Crippen molar-refractivity contribution in [1.82, 2.24) is 9.88 Å². The molecule has 1 saturated heterocycles. The molecule has 6 nitrogen and oxygen atoms in total. The first-order chi connectivity index (χ1) is 15.9. The molecule has 6 heteroatoms.